The van der Waals surface area contributed by atoms with Crippen LogP contribution in [0.15, 0.2) is 0 Å². The van der Waals surface area contributed by atoms with Crippen LogP contribution in [0.2, 0.25) is 0 Å². The van der Waals surface area contributed by atoms with Crippen molar-refractivity contribution in [3.05, 3.63) is 0 Å². The van der Waals surface area contributed by atoms with Crippen molar-refractivity contribution in [2.24, 2.45) is 0 Å². The van der Waals surface area contributed by atoms with Gasteiger partial charge in [0.25, 0.3) is 0 Å². The highest BCUT2D eigenvalue weighted by molar-refractivity contribution is 4.85. The maximum atomic E-state index is 9.01. The third kappa shape index (κ3) is 5.72. The number of aliphatic hydroxyl groups excluding tert-OH is 2. The maximum absolute atomic E-state index is 9.01. The van der Waals surface area contributed by atoms with E-state index in [0.717, 1.165) is 0 Å². The topological polar surface area (TPSA) is 83.0 Å². The minimum absolute atomic E-state index is 0.0392. The number of rotatable bonds is 8. The Hall–Kier alpha value is -0.240. The Kier molecular flexibility index (Phi) is 6.65. The molecular weight excluding hydrogens is 248 g/mol. The zero-order valence-electron chi connectivity index (χ0n) is 12.3. The van der Waals surface area contributed by atoms with Gasteiger partial charge in [-0.05, 0) is 27.7 Å². The van der Waals surface area contributed by atoms with Crippen LogP contribution in [0.25, 0.3) is 0 Å². The average Bonchev–Trinajstić information content (AvgIpc) is 2.67. The van der Waals surface area contributed by atoms with Crippen LogP contribution in [0, 0.1) is 0 Å². The molecule has 1 aliphatic rings. The van der Waals surface area contributed by atoms with Gasteiger partial charge < -0.3 is 30.3 Å². The van der Waals surface area contributed by atoms with Crippen LogP contribution in [-0.2, 0) is 9.47 Å². The molecule has 0 unspecified atom stereocenters. The van der Waals surface area contributed by atoms with E-state index >= 15 is 0 Å². The van der Waals surface area contributed by atoms with E-state index in [9.17, 15) is 0 Å². The zero-order chi connectivity index (χ0) is 14.5. The van der Waals surface area contributed by atoms with Gasteiger partial charge in [0, 0.05) is 25.2 Å². The smallest absolute Gasteiger partial charge is 0.163 e. The lowest BCUT2D eigenvalue weighted by Gasteiger charge is -2.21. The Labute approximate surface area is 115 Å². The molecule has 0 amide bonds. The van der Waals surface area contributed by atoms with Crippen molar-refractivity contribution in [2.45, 2.75) is 57.8 Å². The summed E-state index contributed by atoms with van der Waals surface area (Å²) in [5.41, 5.74) is 0. The molecule has 114 valence electrons. The molecule has 0 aromatic heterocycles. The molecule has 4 N–H and O–H groups in total. The van der Waals surface area contributed by atoms with Crippen molar-refractivity contribution in [3.63, 3.8) is 0 Å². The summed E-state index contributed by atoms with van der Waals surface area (Å²) >= 11 is 0. The van der Waals surface area contributed by atoms with E-state index in [1.165, 1.54) is 0 Å². The highest BCUT2D eigenvalue weighted by Gasteiger charge is 2.40. The third-order valence-corrected chi connectivity index (χ3v) is 3.17. The summed E-state index contributed by atoms with van der Waals surface area (Å²) < 4.78 is 11.7. The van der Waals surface area contributed by atoms with Gasteiger partial charge in [-0.3, -0.25) is 0 Å². The fourth-order valence-corrected chi connectivity index (χ4v) is 2.02. The molecule has 0 bridgehead atoms. The predicted molar refractivity (Wildman–Crippen MR) is 72.9 cm³/mol. The molecule has 1 saturated heterocycles. The Bertz CT molecular complexity index is 239. The summed E-state index contributed by atoms with van der Waals surface area (Å²) in [7, 11) is 0. The second kappa shape index (κ2) is 7.52. The molecular formula is C13H28N2O4. The van der Waals surface area contributed by atoms with E-state index in [1.807, 2.05) is 27.7 Å². The molecule has 0 spiro atoms. The molecule has 4 atom stereocenters. The first-order valence-corrected chi connectivity index (χ1v) is 6.92. The van der Waals surface area contributed by atoms with E-state index in [4.69, 9.17) is 19.7 Å². The highest BCUT2D eigenvalue weighted by Crippen LogP contribution is 2.27. The Morgan fingerprint density at radius 2 is 1.32 bits per heavy atom. The van der Waals surface area contributed by atoms with Crippen molar-refractivity contribution in [1.29, 1.82) is 0 Å². The first-order chi connectivity index (χ1) is 8.88. The predicted octanol–water partition coefficient (Wildman–Crippen LogP) is -0.553. The van der Waals surface area contributed by atoms with Gasteiger partial charge in [-0.25, -0.2) is 0 Å². The van der Waals surface area contributed by atoms with Crippen LogP contribution in [0.1, 0.15) is 27.7 Å². The quantitative estimate of drug-likeness (QED) is 0.476. The summed E-state index contributed by atoms with van der Waals surface area (Å²) in [5.74, 6) is -0.594. The molecule has 0 aromatic rings. The van der Waals surface area contributed by atoms with Crippen molar-refractivity contribution in [3.8, 4) is 0 Å². The van der Waals surface area contributed by atoms with Crippen molar-refractivity contribution >= 4 is 0 Å². The lowest BCUT2D eigenvalue weighted by atomic mass is 10.2. The van der Waals surface area contributed by atoms with Crippen LogP contribution < -0.4 is 10.6 Å². The molecule has 0 aromatic carbocycles. The van der Waals surface area contributed by atoms with Gasteiger partial charge in [-0.1, -0.05) is 0 Å². The van der Waals surface area contributed by atoms with Gasteiger partial charge in [0.05, 0.1) is 13.2 Å². The van der Waals surface area contributed by atoms with E-state index in [2.05, 4.69) is 10.6 Å². The van der Waals surface area contributed by atoms with Gasteiger partial charge >= 0.3 is 0 Å². The molecule has 6 nitrogen and oxygen atoms in total. The maximum Gasteiger partial charge on any atom is 0.163 e. The molecule has 1 aliphatic heterocycles. The minimum atomic E-state index is -0.594. The van der Waals surface area contributed by atoms with E-state index in [-0.39, 0.29) is 37.5 Å². The van der Waals surface area contributed by atoms with Crippen LogP contribution in [0.4, 0.5) is 0 Å². The number of hydrogen-bond donors (Lipinski definition) is 4. The van der Waals surface area contributed by atoms with Gasteiger partial charge in [0.15, 0.2) is 5.79 Å². The van der Waals surface area contributed by atoms with Crippen molar-refractivity contribution < 1.29 is 19.7 Å². The zero-order valence-corrected chi connectivity index (χ0v) is 12.3. The monoisotopic (exact) mass is 276 g/mol. The van der Waals surface area contributed by atoms with Gasteiger partial charge in [0.1, 0.15) is 12.2 Å². The summed E-state index contributed by atoms with van der Waals surface area (Å²) in [5, 5.41) is 24.4. The van der Waals surface area contributed by atoms with E-state index in [1.54, 1.807) is 0 Å². The molecule has 1 fully saturated rings. The second-order valence-electron chi connectivity index (χ2n) is 5.70. The first kappa shape index (κ1) is 16.8. The Balaban J connectivity index is 2.45. The fourth-order valence-electron chi connectivity index (χ4n) is 2.02. The Morgan fingerprint density at radius 1 is 0.947 bits per heavy atom. The molecule has 0 radical (unpaired) electrons. The van der Waals surface area contributed by atoms with Crippen LogP contribution in [0.5, 0.6) is 0 Å². The summed E-state index contributed by atoms with van der Waals surface area (Å²) in [6, 6.07) is 0.0783. The molecule has 0 aliphatic carbocycles. The highest BCUT2D eigenvalue weighted by atomic mass is 16.8. The van der Waals surface area contributed by atoms with Gasteiger partial charge in [-0.15, -0.1) is 0 Å². The summed E-state index contributed by atoms with van der Waals surface area (Å²) in [6.07, 6.45) is -0.134. The first-order valence-electron chi connectivity index (χ1n) is 6.92. The van der Waals surface area contributed by atoms with Crippen molar-refractivity contribution in [1.82, 2.24) is 10.6 Å². The summed E-state index contributed by atoms with van der Waals surface area (Å²) in [4.78, 5) is 0. The van der Waals surface area contributed by atoms with Crippen molar-refractivity contribution in [2.75, 3.05) is 26.3 Å². The van der Waals surface area contributed by atoms with Gasteiger partial charge in [-0.2, -0.15) is 0 Å². The minimum Gasteiger partial charge on any atom is -0.395 e. The molecule has 1 rings (SSSR count). The molecule has 1 heterocycles. The normalized spacial score (nSPS) is 29.4. The van der Waals surface area contributed by atoms with Crippen LogP contribution >= 0.6 is 0 Å². The number of ether oxygens (including phenoxy) is 2. The standard InChI is InChI=1S/C13H28N2O4/c1-9(7-16)14-5-11-12(6-15-10(2)8-17)19-13(3,4)18-11/h9-12,14-17H,5-8H2,1-4H3/t9-,10-,11-,12-/m0/s1. The SMILES string of the molecule is C[C@@H](CO)NC[C@@H]1OC(C)(C)O[C@H]1CN[C@@H](C)CO. The summed E-state index contributed by atoms with van der Waals surface area (Å²) in [6.45, 7) is 9.08. The number of nitrogens with one attached hydrogen (secondary N) is 2. The number of aliphatic hydroxyl groups is 2. The second-order valence-corrected chi connectivity index (χ2v) is 5.70. The van der Waals surface area contributed by atoms with Gasteiger partial charge in [0.2, 0.25) is 0 Å². The van der Waals surface area contributed by atoms with Crippen LogP contribution in [-0.4, -0.2) is 66.6 Å². The third-order valence-electron chi connectivity index (χ3n) is 3.17. The van der Waals surface area contributed by atoms with E-state index in [0.29, 0.717) is 13.1 Å². The molecule has 19 heavy (non-hydrogen) atoms. The molecule has 0 saturated carbocycles. The average molecular weight is 276 g/mol. The fraction of sp³-hybridized carbons (Fsp3) is 1.00. The largest absolute Gasteiger partial charge is 0.395 e. The molecule has 6 heteroatoms. The number of hydrogen-bond acceptors (Lipinski definition) is 6. The Morgan fingerprint density at radius 3 is 1.63 bits per heavy atom. The van der Waals surface area contributed by atoms with E-state index < -0.39 is 5.79 Å². The van der Waals surface area contributed by atoms with Crippen LogP contribution in [0.3, 0.4) is 0 Å². The lowest BCUT2D eigenvalue weighted by Crippen LogP contribution is -2.45. The lowest BCUT2D eigenvalue weighted by molar-refractivity contribution is -0.145.